The van der Waals surface area contributed by atoms with E-state index in [1.165, 1.54) is 6.07 Å². The highest BCUT2D eigenvalue weighted by Crippen LogP contribution is 2.17. The van der Waals surface area contributed by atoms with Gasteiger partial charge in [-0.25, -0.2) is 10.1 Å². The van der Waals surface area contributed by atoms with E-state index in [4.69, 9.17) is 0 Å². The zero-order valence-corrected chi connectivity index (χ0v) is 8.90. The molecule has 6 heteroatoms. The molecule has 0 aliphatic carbocycles. The molecule has 2 aromatic heterocycles. The van der Waals surface area contributed by atoms with Crippen LogP contribution in [-0.4, -0.2) is 20.2 Å². The molecular weight excluding hydrogens is 206 g/mol. The fourth-order valence-electron chi connectivity index (χ4n) is 1.49. The molecule has 2 aromatic rings. The van der Waals surface area contributed by atoms with Crippen LogP contribution in [0, 0.1) is 0 Å². The molecule has 0 aliphatic rings. The average Bonchev–Trinajstić information content (AvgIpc) is 2.79. The molecule has 1 unspecified atom stereocenters. The van der Waals surface area contributed by atoms with Crippen LogP contribution in [0.2, 0.25) is 0 Å². The maximum absolute atomic E-state index is 11.1. The van der Waals surface area contributed by atoms with Gasteiger partial charge in [0.15, 0.2) is 0 Å². The molecule has 6 nitrogen and oxygen atoms in total. The lowest BCUT2D eigenvalue weighted by molar-refractivity contribution is 0.702. The highest BCUT2D eigenvalue weighted by Gasteiger charge is 2.11. The molecule has 16 heavy (non-hydrogen) atoms. The van der Waals surface area contributed by atoms with E-state index in [1.54, 1.807) is 18.6 Å². The Hall–Kier alpha value is -2.11. The summed E-state index contributed by atoms with van der Waals surface area (Å²) in [5.41, 5.74) is 0.464. The van der Waals surface area contributed by atoms with Crippen molar-refractivity contribution in [3.05, 3.63) is 40.8 Å². The lowest BCUT2D eigenvalue weighted by Gasteiger charge is -2.15. The van der Waals surface area contributed by atoms with Gasteiger partial charge in [-0.2, -0.15) is 5.10 Å². The van der Waals surface area contributed by atoms with E-state index in [2.05, 4.69) is 25.5 Å². The fourth-order valence-corrected chi connectivity index (χ4v) is 1.49. The summed E-state index contributed by atoms with van der Waals surface area (Å²) in [7, 11) is 0. The number of anilines is 1. The van der Waals surface area contributed by atoms with Crippen LogP contribution in [0.1, 0.15) is 25.2 Å². The summed E-state index contributed by atoms with van der Waals surface area (Å²) in [6.45, 7) is 2.04. The Morgan fingerprint density at radius 1 is 1.56 bits per heavy atom. The van der Waals surface area contributed by atoms with E-state index in [0.29, 0.717) is 5.69 Å². The van der Waals surface area contributed by atoms with Crippen LogP contribution in [-0.2, 0) is 0 Å². The van der Waals surface area contributed by atoms with Gasteiger partial charge in [-0.05, 0) is 6.42 Å². The van der Waals surface area contributed by atoms with Crippen LogP contribution >= 0.6 is 0 Å². The Morgan fingerprint density at radius 2 is 2.44 bits per heavy atom. The van der Waals surface area contributed by atoms with Crippen LogP contribution in [0.5, 0.6) is 0 Å². The van der Waals surface area contributed by atoms with Gasteiger partial charge in [0.05, 0.1) is 17.9 Å². The van der Waals surface area contributed by atoms with Crippen LogP contribution in [0.3, 0.4) is 0 Å². The van der Waals surface area contributed by atoms with Crippen LogP contribution in [0.25, 0.3) is 0 Å². The maximum atomic E-state index is 11.1. The molecule has 2 rings (SSSR count). The zero-order chi connectivity index (χ0) is 11.4. The first-order valence-electron chi connectivity index (χ1n) is 5.10. The minimum absolute atomic E-state index is 0.0543. The third-order valence-electron chi connectivity index (χ3n) is 2.26. The molecule has 0 spiro atoms. The lowest BCUT2D eigenvalue weighted by atomic mass is 10.2. The van der Waals surface area contributed by atoms with Crippen LogP contribution < -0.4 is 10.9 Å². The number of aromatic amines is 2. The molecule has 0 aromatic carbocycles. The fraction of sp³-hybridized carbons (Fsp3) is 0.300. The Balaban J connectivity index is 2.16. The molecule has 0 saturated heterocycles. The van der Waals surface area contributed by atoms with Gasteiger partial charge in [-0.3, -0.25) is 4.79 Å². The number of nitrogens with zero attached hydrogens (tertiary/aromatic N) is 2. The summed E-state index contributed by atoms with van der Waals surface area (Å²) >= 11 is 0. The summed E-state index contributed by atoms with van der Waals surface area (Å²) < 4.78 is 0. The topological polar surface area (TPSA) is 86.5 Å². The quantitative estimate of drug-likeness (QED) is 0.717. The Labute approximate surface area is 92.1 Å². The summed E-state index contributed by atoms with van der Waals surface area (Å²) in [5.74, 6) is 0.850. The molecule has 0 amide bonds. The van der Waals surface area contributed by atoms with Gasteiger partial charge >= 0.3 is 0 Å². The van der Waals surface area contributed by atoms with Crippen molar-refractivity contribution in [1.82, 2.24) is 20.2 Å². The number of H-pyrrole nitrogens is 2. The molecule has 1 atom stereocenters. The third-order valence-corrected chi connectivity index (χ3v) is 2.26. The monoisotopic (exact) mass is 219 g/mol. The Bertz CT molecular complexity index is 490. The normalized spacial score (nSPS) is 12.3. The number of nitrogens with one attached hydrogen (secondary N) is 3. The first kappa shape index (κ1) is 10.4. The highest BCUT2D eigenvalue weighted by atomic mass is 16.1. The number of hydrogen-bond acceptors (Lipinski definition) is 4. The zero-order valence-electron chi connectivity index (χ0n) is 8.90. The first-order chi connectivity index (χ1) is 7.79. The minimum Gasteiger partial charge on any atom is -0.374 e. The number of hydrogen-bond donors (Lipinski definition) is 3. The molecule has 2 heterocycles. The third kappa shape index (κ3) is 2.28. The standard InChI is InChI=1S/C10H13N5O/c1-2-8(10-11-3-4-12-10)14-7-5-9(16)15-13-6-7/h3-6,8H,2H2,1H3,(H,11,12)(H2,14,15,16). The first-order valence-corrected chi connectivity index (χ1v) is 5.10. The number of rotatable bonds is 4. The molecule has 0 bridgehead atoms. The second-order valence-electron chi connectivity index (χ2n) is 3.41. The predicted octanol–water partition coefficient (Wildman–Crippen LogP) is 1.06. The van der Waals surface area contributed by atoms with E-state index in [9.17, 15) is 4.79 Å². The molecule has 0 aliphatic heterocycles. The molecule has 0 saturated carbocycles. The Kier molecular flexibility index (Phi) is 3.00. The van der Waals surface area contributed by atoms with Crippen molar-refractivity contribution in [2.45, 2.75) is 19.4 Å². The molecule has 0 radical (unpaired) electrons. The number of aromatic nitrogens is 4. The Morgan fingerprint density at radius 3 is 3.06 bits per heavy atom. The van der Waals surface area contributed by atoms with Gasteiger partial charge in [0, 0.05) is 18.5 Å². The van der Waals surface area contributed by atoms with Crippen molar-refractivity contribution in [2.24, 2.45) is 0 Å². The summed E-state index contributed by atoms with van der Waals surface area (Å²) in [6.07, 6.45) is 5.92. The smallest absolute Gasteiger partial charge is 0.266 e. The average molecular weight is 219 g/mol. The van der Waals surface area contributed by atoms with Gasteiger partial charge in [-0.1, -0.05) is 6.92 Å². The highest BCUT2D eigenvalue weighted by molar-refractivity contribution is 5.40. The van der Waals surface area contributed by atoms with Gasteiger partial charge in [-0.15, -0.1) is 0 Å². The predicted molar refractivity (Wildman–Crippen MR) is 60.1 cm³/mol. The second kappa shape index (κ2) is 4.61. The van der Waals surface area contributed by atoms with Gasteiger partial charge < -0.3 is 10.3 Å². The SMILES string of the molecule is CCC(Nc1cn[nH]c(=O)c1)c1ncc[nH]1. The second-order valence-corrected chi connectivity index (χ2v) is 3.41. The van der Waals surface area contributed by atoms with E-state index >= 15 is 0 Å². The maximum Gasteiger partial charge on any atom is 0.266 e. The molecule has 3 N–H and O–H groups in total. The molecule has 84 valence electrons. The summed E-state index contributed by atoms with van der Waals surface area (Å²) in [5, 5.41) is 9.25. The van der Waals surface area contributed by atoms with Gasteiger partial charge in [0.25, 0.3) is 5.56 Å². The van der Waals surface area contributed by atoms with E-state index < -0.39 is 0 Å². The van der Waals surface area contributed by atoms with Crippen molar-refractivity contribution in [3.8, 4) is 0 Å². The van der Waals surface area contributed by atoms with E-state index in [0.717, 1.165) is 12.2 Å². The molecular formula is C10H13N5O. The van der Waals surface area contributed by atoms with Crippen molar-refractivity contribution in [2.75, 3.05) is 5.32 Å². The van der Waals surface area contributed by atoms with Crippen molar-refractivity contribution < 1.29 is 0 Å². The van der Waals surface area contributed by atoms with Crippen molar-refractivity contribution in [3.63, 3.8) is 0 Å². The molecule has 0 fully saturated rings. The van der Waals surface area contributed by atoms with E-state index in [-0.39, 0.29) is 11.6 Å². The van der Waals surface area contributed by atoms with Gasteiger partial charge in [0.2, 0.25) is 0 Å². The minimum atomic E-state index is -0.223. The summed E-state index contributed by atoms with van der Waals surface area (Å²) in [4.78, 5) is 18.3. The summed E-state index contributed by atoms with van der Waals surface area (Å²) in [6, 6.07) is 1.53. The van der Waals surface area contributed by atoms with Gasteiger partial charge in [0.1, 0.15) is 5.82 Å². The lowest BCUT2D eigenvalue weighted by Crippen LogP contribution is -2.14. The van der Waals surface area contributed by atoms with E-state index in [1.807, 2.05) is 6.92 Å². The number of imidazole rings is 1. The van der Waals surface area contributed by atoms with Crippen LogP contribution in [0.15, 0.2) is 29.5 Å². The van der Waals surface area contributed by atoms with Crippen molar-refractivity contribution >= 4 is 5.69 Å². The largest absolute Gasteiger partial charge is 0.374 e. The van der Waals surface area contributed by atoms with Crippen LogP contribution in [0.4, 0.5) is 5.69 Å². The van der Waals surface area contributed by atoms with Crippen molar-refractivity contribution in [1.29, 1.82) is 0 Å².